The summed E-state index contributed by atoms with van der Waals surface area (Å²) in [5.74, 6) is 0.911. The third-order valence-electron chi connectivity index (χ3n) is 4.77. The fourth-order valence-electron chi connectivity index (χ4n) is 3.25. The molecule has 0 fully saturated rings. The van der Waals surface area contributed by atoms with Crippen molar-refractivity contribution in [2.75, 3.05) is 18.7 Å². The van der Waals surface area contributed by atoms with Crippen LogP contribution in [0.5, 0.6) is 5.75 Å². The van der Waals surface area contributed by atoms with E-state index in [1.165, 1.54) is 4.40 Å². The molecule has 158 valence electrons. The number of thioether (sulfide) groups is 1. The Morgan fingerprint density at radius 2 is 1.94 bits per heavy atom. The predicted octanol–water partition coefficient (Wildman–Crippen LogP) is 3.24. The number of aromatic nitrogens is 4. The Balaban J connectivity index is 1.61. The first-order valence-corrected chi connectivity index (χ1v) is 10.8. The number of anilines is 1. The van der Waals surface area contributed by atoms with Gasteiger partial charge in [0.15, 0.2) is 5.65 Å². The van der Waals surface area contributed by atoms with Crippen LogP contribution in [0.25, 0.3) is 16.9 Å². The topological polar surface area (TPSA) is 90.5 Å². The van der Waals surface area contributed by atoms with Crippen LogP contribution < -0.4 is 15.7 Å². The van der Waals surface area contributed by atoms with E-state index in [2.05, 4.69) is 15.4 Å². The monoisotopic (exact) mass is 435 g/mol. The van der Waals surface area contributed by atoms with Gasteiger partial charge in [0.2, 0.25) is 5.91 Å². The van der Waals surface area contributed by atoms with Gasteiger partial charge in [0.1, 0.15) is 18.1 Å². The summed E-state index contributed by atoms with van der Waals surface area (Å²) in [7, 11) is 1.61. The molecule has 1 N–H and O–H groups in total. The molecule has 4 aromatic rings. The number of benzene rings is 2. The lowest BCUT2D eigenvalue weighted by molar-refractivity contribution is -0.117. The molecule has 2 heterocycles. The molecule has 8 nitrogen and oxygen atoms in total. The summed E-state index contributed by atoms with van der Waals surface area (Å²) in [5, 5.41) is 7.16. The number of nitrogens with zero attached hydrogens (tertiary/aromatic N) is 4. The van der Waals surface area contributed by atoms with Crippen molar-refractivity contribution >= 4 is 29.0 Å². The van der Waals surface area contributed by atoms with Gasteiger partial charge in [-0.2, -0.15) is 0 Å². The SMILES string of the molecule is COc1ccc(-c2cc3nn(CC(=O)Nc4cccc(SC)c4)c(=O)n3c(C)n2)cc1. The second-order valence-corrected chi connectivity index (χ2v) is 7.71. The van der Waals surface area contributed by atoms with Crippen LogP contribution in [-0.4, -0.2) is 38.4 Å². The van der Waals surface area contributed by atoms with Gasteiger partial charge in [0.05, 0.1) is 12.8 Å². The Labute approximate surface area is 182 Å². The molecule has 0 saturated carbocycles. The zero-order valence-corrected chi connectivity index (χ0v) is 18.1. The second-order valence-electron chi connectivity index (χ2n) is 6.83. The van der Waals surface area contributed by atoms with Gasteiger partial charge in [0, 0.05) is 22.2 Å². The second kappa shape index (κ2) is 8.65. The molecule has 0 saturated heterocycles. The molecule has 2 aromatic heterocycles. The summed E-state index contributed by atoms with van der Waals surface area (Å²) in [6.07, 6.45) is 1.97. The van der Waals surface area contributed by atoms with E-state index in [9.17, 15) is 9.59 Å². The normalized spacial score (nSPS) is 10.9. The maximum Gasteiger partial charge on any atom is 0.352 e. The van der Waals surface area contributed by atoms with Gasteiger partial charge in [-0.3, -0.25) is 4.79 Å². The maximum atomic E-state index is 12.8. The molecule has 2 aromatic carbocycles. The minimum atomic E-state index is -0.408. The third-order valence-corrected chi connectivity index (χ3v) is 5.49. The molecular formula is C22H21N5O3S. The van der Waals surface area contributed by atoms with Gasteiger partial charge in [-0.25, -0.2) is 18.9 Å². The number of rotatable bonds is 6. The van der Waals surface area contributed by atoms with Crippen molar-refractivity contribution in [3.63, 3.8) is 0 Å². The Bertz CT molecular complexity index is 1310. The summed E-state index contributed by atoms with van der Waals surface area (Å²) < 4.78 is 7.74. The van der Waals surface area contributed by atoms with Crippen LogP contribution in [0.4, 0.5) is 5.69 Å². The van der Waals surface area contributed by atoms with Crippen molar-refractivity contribution in [2.24, 2.45) is 0 Å². The van der Waals surface area contributed by atoms with E-state index in [0.29, 0.717) is 22.9 Å². The highest BCUT2D eigenvalue weighted by Crippen LogP contribution is 2.22. The molecule has 0 unspecified atom stereocenters. The molecule has 0 aliphatic rings. The number of aryl methyl sites for hydroxylation is 1. The van der Waals surface area contributed by atoms with Crippen LogP contribution in [0.2, 0.25) is 0 Å². The first kappa shape index (κ1) is 20.7. The van der Waals surface area contributed by atoms with Crippen molar-refractivity contribution < 1.29 is 9.53 Å². The van der Waals surface area contributed by atoms with Crippen LogP contribution in [-0.2, 0) is 11.3 Å². The predicted molar refractivity (Wildman–Crippen MR) is 121 cm³/mol. The first-order chi connectivity index (χ1) is 15.0. The number of fused-ring (bicyclic) bond motifs is 1. The third kappa shape index (κ3) is 4.31. The van der Waals surface area contributed by atoms with Crippen molar-refractivity contribution in [3.8, 4) is 17.0 Å². The van der Waals surface area contributed by atoms with E-state index in [1.807, 2.05) is 48.7 Å². The van der Waals surface area contributed by atoms with Gasteiger partial charge in [-0.05, 0) is 55.6 Å². The Morgan fingerprint density at radius 3 is 2.65 bits per heavy atom. The van der Waals surface area contributed by atoms with E-state index >= 15 is 0 Å². The summed E-state index contributed by atoms with van der Waals surface area (Å²) in [6.45, 7) is 1.54. The molecule has 31 heavy (non-hydrogen) atoms. The van der Waals surface area contributed by atoms with Crippen LogP contribution in [0.15, 0.2) is 64.3 Å². The van der Waals surface area contributed by atoms with E-state index in [4.69, 9.17) is 4.74 Å². The van der Waals surface area contributed by atoms with Crippen LogP contribution in [0, 0.1) is 6.92 Å². The standard InChI is InChI=1S/C22H21N5O3S/c1-14-23-19(15-7-9-17(30-2)10-8-15)12-20-25-26(22(29)27(14)20)13-21(28)24-16-5-4-6-18(11-16)31-3/h4-12H,13H2,1-3H3,(H,24,28). The molecule has 1 amide bonds. The smallest absolute Gasteiger partial charge is 0.352 e. The summed E-state index contributed by atoms with van der Waals surface area (Å²) in [4.78, 5) is 30.9. The van der Waals surface area contributed by atoms with Crippen molar-refractivity contribution in [2.45, 2.75) is 18.4 Å². The Morgan fingerprint density at radius 1 is 1.16 bits per heavy atom. The summed E-state index contributed by atoms with van der Waals surface area (Å²) >= 11 is 1.59. The number of nitrogens with one attached hydrogen (secondary N) is 1. The molecular weight excluding hydrogens is 414 g/mol. The molecule has 0 atom stereocenters. The van der Waals surface area contributed by atoms with Gasteiger partial charge in [-0.1, -0.05) is 6.07 Å². The number of methoxy groups -OCH3 is 1. The highest BCUT2D eigenvalue weighted by molar-refractivity contribution is 7.98. The largest absolute Gasteiger partial charge is 0.497 e. The zero-order valence-electron chi connectivity index (χ0n) is 17.3. The highest BCUT2D eigenvalue weighted by atomic mass is 32.2. The molecule has 0 bridgehead atoms. The van der Waals surface area contributed by atoms with Gasteiger partial charge < -0.3 is 10.1 Å². The molecule has 0 aliphatic heterocycles. The fraction of sp³-hybridized carbons (Fsp3) is 0.182. The van der Waals surface area contributed by atoms with E-state index in [0.717, 1.165) is 20.9 Å². The highest BCUT2D eigenvalue weighted by Gasteiger charge is 2.15. The Kier molecular flexibility index (Phi) is 5.77. The first-order valence-electron chi connectivity index (χ1n) is 9.54. The van der Waals surface area contributed by atoms with Crippen LogP contribution >= 0.6 is 11.8 Å². The molecule has 0 spiro atoms. The number of hydrogen-bond donors (Lipinski definition) is 1. The molecule has 9 heteroatoms. The lowest BCUT2D eigenvalue weighted by atomic mass is 10.1. The summed E-state index contributed by atoms with van der Waals surface area (Å²) in [5.41, 5.74) is 2.26. The Hall–Kier alpha value is -3.59. The van der Waals surface area contributed by atoms with Crippen molar-refractivity contribution in [3.05, 3.63) is 70.9 Å². The van der Waals surface area contributed by atoms with Crippen LogP contribution in [0.1, 0.15) is 5.82 Å². The number of carbonyl (C=O) groups is 1. The zero-order chi connectivity index (χ0) is 22.0. The number of ether oxygens (including phenoxy) is 1. The maximum absolute atomic E-state index is 12.8. The van der Waals surface area contributed by atoms with Crippen LogP contribution in [0.3, 0.4) is 0 Å². The fourth-order valence-corrected chi connectivity index (χ4v) is 3.71. The van der Waals surface area contributed by atoms with E-state index < -0.39 is 5.69 Å². The lowest BCUT2D eigenvalue weighted by Crippen LogP contribution is -2.28. The summed E-state index contributed by atoms with van der Waals surface area (Å²) in [6, 6.07) is 16.7. The average molecular weight is 436 g/mol. The quantitative estimate of drug-likeness (QED) is 0.468. The van der Waals surface area contributed by atoms with Gasteiger partial charge >= 0.3 is 5.69 Å². The minimum Gasteiger partial charge on any atom is -0.497 e. The molecule has 4 rings (SSSR count). The number of carbonyl (C=O) groups excluding carboxylic acids is 1. The molecule has 0 radical (unpaired) electrons. The van der Waals surface area contributed by atoms with Gasteiger partial charge in [0.25, 0.3) is 0 Å². The number of hydrogen-bond acceptors (Lipinski definition) is 6. The van der Waals surface area contributed by atoms with Crippen molar-refractivity contribution in [1.82, 2.24) is 19.2 Å². The molecule has 0 aliphatic carbocycles. The van der Waals surface area contributed by atoms with Gasteiger partial charge in [-0.15, -0.1) is 16.9 Å². The van der Waals surface area contributed by atoms with Crippen molar-refractivity contribution in [1.29, 1.82) is 0 Å². The number of amides is 1. The lowest BCUT2D eigenvalue weighted by Gasteiger charge is -2.06. The average Bonchev–Trinajstić information content (AvgIpc) is 3.09. The minimum absolute atomic E-state index is 0.193. The van der Waals surface area contributed by atoms with E-state index in [1.54, 1.807) is 37.9 Å². The van der Waals surface area contributed by atoms with E-state index in [-0.39, 0.29) is 12.5 Å².